The lowest BCUT2D eigenvalue weighted by molar-refractivity contribution is 0.0998. The molecule has 2 aromatic heterocycles. The van der Waals surface area contributed by atoms with E-state index in [9.17, 15) is 4.79 Å². The highest BCUT2D eigenvalue weighted by atomic mass is 79.9. The summed E-state index contributed by atoms with van der Waals surface area (Å²) in [7, 11) is 1.65. The van der Waals surface area contributed by atoms with E-state index in [4.69, 9.17) is 4.42 Å². The van der Waals surface area contributed by atoms with Crippen molar-refractivity contribution >= 4 is 21.7 Å². The zero-order valence-corrected chi connectivity index (χ0v) is 9.78. The molecular weight excluding hydrogens is 262 g/mol. The fourth-order valence-electron chi connectivity index (χ4n) is 1.25. The first-order chi connectivity index (χ1) is 7.09. The van der Waals surface area contributed by atoms with Gasteiger partial charge in [-0.1, -0.05) is 5.21 Å². The van der Waals surface area contributed by atoms with Crippen LogP contribution in [-0.2, 0) is 7.05 Å². The normalized spacial score (nSPS) is 10.6. The SMILES string of the molecule is Cc1ccc(C(=O)c2c(Br)nnn2C)o1. The van der Waals surface area contributed by atoms with Crippen molar-refractivity contribution in [3.63, 3.8) is 0 Å². The van der Waals surface area contributed by atoms with Crippen LogP contribution in [0.15, 0.2) is 21.2 Å². The van der Waals surface area contributed by atoms with Crippen LogP contribution in [0.3, 0.4) is 0 Å². The Labute approximate surface area is 94.2 Å². The second-order valence-corrected chi connectivity index (χ2v) is 3.84. The van der Waals surface area contributed by atoms with E-state index in [-0.39, 0.29) is 5.78 Å². The highest BCUT2D eigenvalue weighted by Gasteiger charge is 2.21. The fraction of sp³-hybridized carbons (Fsp3) is 0.222. The first kappa shape index (κ1) is 10.1. The topological polar surface area (TPSA) is 60.9 Å². The number of rotatable bonds is 2. The molecule has 0 bridgehead atoms. The molecule has 2 aromatic rings. The smallest absolute Gasteiger partial charge is 0.248 e. The van der Waals surface area contributed by atoms with Crippen molar-refractivity contribution in [2.24, 2.45) is 7.05 Å². The van der Waals surface area contributed by atoms with E-state index in [0.717, 1.165) is 0 Å². The molecule has 0 saturated carbocycles. The Morgan fingerprint density at radius 1 is 1.53 bits per heavy atom. The predicted octanol–water partition coefficient (Wildman–Crippen LogP) is 1.71. The quantitative estimate of drug-likeness (QED) is 0.779. The van der Waals surface area contributed by atoms with Crippen LogP contribution in [0, 0.1) is 6.92 Å². The molecule has 2 rings (SSSR count). The third-order valence-corrected chi connectivity index (χ3v) is 2.50. The van der Waals surface area contributed by atoms with Crippen LogP contribution in [0.2, 0.25) is 0 Å². The van der Waals surface area contributed by atoms with Gasteiger partial charge in [0.1, 0.15) is 11.5 Å². The third-order valence-electron chi connectivity index (χ3n) is 1.96. The second-order valence-electron chi connectivity index (χ2n) is 3.09. The molecule has 0 amide bonds. The van der Waals surface area contributed by atoms with Gasteiger partial charge in [0.2, 0.25) is 5.78 Å². The van der Waals surface area contributed by atoms with E-state index in [1.807, 2.05) is 0 Å². The molecule has 6 heteroatoms. The highest BCUT2D eigenvalue weighted by Crippen LogP contribution is 2.18. The third kappa shape index (κ3) is 1.72. The summed E-state index contributed by atoms with van der Waals surface area (Å²) in [5, 5.41) is 7.46. The lowest BCUT2D eigenvalue weighted by Crippen LogP contribution is -2.07. The molecule has 0 N–H and O–H groups in total. The van der Waals surface area contributed by atoms with E-state index in [1.165, 1.54) is 4.68 Å². The van der Waals surface area contributed by atoms with Gasteiger partial charge in [-0.25, -0.2) is 4.68 Å². The van der Waals surface area contributed by atoms with Crippen molar-refractivity contribution in [1.82, 2.24) is 15.0 Å². The van der Waals surface area contributed by atoms with E-state index < -0.39 is 0 Å². The van der Waals surface area contributed by atoms with Crippen molar-refractivity contribution < 1.29 is 9.21 Å². The number of furan rings is 1. The van der Waals surface area contributed by atoms with E-state index in [0.29, 0.717) is 21.8 Å². The molecule has 0 aliphatic carbocycles. The summed E-state index contributed by atoms with van der Waals surface area (Å²) < 4.78 is 7.07. The van der Waals surface area contributed by atoms with Gasteiger partial charge in [-0.2, -0.15) is 0 Å². The number of carbonyl (C=O) groups is 1. The van der Waals surface area contributed by atoms with Gasteiger partial charge in [-0.3, -0.25) is 4.79 Å². The molecule has 0 fully saturated rings. The molecule has 0 unspecified atom stereocenters. The van der Waals surface area contributed by atoms with Crippen molar-refractivity contribution in [3.8, 4) is 0 Å². The molecule has 78 valence electrons. The number of halogens is 1. The van der Waals surface area contributed by atoms with Crippen molar-refractivity contribution in [2.45, 2.75) is 6.92 Å². The molecule has 2 heterocycles. The molecule has 0 atom stereocenters. The van der Waals surface area contributed by atoms with E-state index in [1.54, 1.807) is 26.1 Å². The van der Waals surface area contributed by atoms with Gasteiger partial charge in [0, 0.05) is 7.05 Å². The van der Waals surface area contributed by atoms with Crippen LogP contribution < -0.4 is 0 Å². The van der Waals surface area contributed by atoms with Gasteiger partial charge in [-0.15, -0.1) is 5.10 Å². The molecule has 0 aromatic carbocycles. The number of carbonyl (C=O) groups excluding carboxylic acids is 1. The molecule has 0 radical (unpaired) electrons. The predicted molar refractivity (Wildman–Crippen MR) is 55.6 cm³/mol. The standard InChI is InChI=1S/C9H8BrN3O2/c1-5-3-4-6(15-5)8(14)7-9(10)11-12-13(7)2/h3-4H,1-2H3. The van der Waals surface area contributed by atoms with Crippen LogP contribution in [0.25, 0.3) is 0 Å². The summed E-state index contributed by atoms with van der Waals surface area (Å²) in [5.74, 6) is 0.755. The molecular formula is C9H8BrN3O2. The maximum atomic E-state index is 11.9. The number of aromatic nitrogens is 3. The first-order valence-corrected chi connectivity index (χ1v) is 5.05. The minimum Gasteiger partial charge on any atom is -0.458 e. The monoisotopic (exact) mass is 269 g/mol. The van der Waals surface area contributed by atoms with Crippen LogP contribution >= 0.6 is 15.9 Å². The van der Waals surface area contributed by atoms with E-state index in [2.05, 4.69) is 26.2 Å². The number of hydrogen-bond donors (Lipinski definition) is 0. The zero-order chi connectivity index (χ0) is 11.0. The maximum absolute atomic E-state index is 11.9. The summed E-state index contributed by atoms with van der Waals surface area (Å²) in [6.45, 7) is 1.79. The molecule has 0 saturated heterocycles. The molecule has 0 spiro atoms. The van der Waals surface area contributed by atoms with Crippen LogP contribution in [0.5, 0.6) is 0 Å². The molecule has 15 heavy (non-hydrogen) atoms. The second kappa shape index (κ2) is 3.62. The Bertz CT molecular complexity index is 496. The molecule has 5 nitrogen and oxygen atoms in total. The van der Waals surface area contributed by atoms with Crippen LogP contribution in [0.1, 0.15) is 22.0 Å². The van der Waals surface area contributed by atoms with E-state index >= 15 is 0 Å². The number of ketones is 1. The number of nitrogens with zero attached hydrogens (tertiary/aromatic N) is 3. The van der Waals surface area contributed by atoms with Crippen molar-refractivity contribution in [3.05, 3.63) is 34.0 Å². The summed E-state index contributed by atoms with van der Waals surface area (Å²) in [6.07, 6.45) is 0. The van der Waals surface area contributed by atoms with Gasteiger partial charge in [0.25, 0.3) is 0 Å². The maximum Gasteiger partial charge on any atom is 0.248 e. The zero-order valence-electron chi connectivity index (χ0n) is 8.19. The minimum atomic E-state index is -0.234. The summed E-state index contributed by atoms with van der Waals surface area (Å²) in [5.41, 5.74) is 0.379. The minimum absolute atomic E-state index is 0.234. The Kier molecular flexibility index (Phi) is 2.44. The average molecular weight is 270 g/mol. The first-order valence-electron chi connectivity index (χ1n) is 4.26. The summed E-state index contributed by atoms with van der Waals surface area (Å²) in [4.78, 5) is 11.9. The van der Waals surface area contributed by atoms with Gasteiger partial charge < -0.3 is 4.42 Å². The van der Waals surface area contributed by atoms with Crippen LogP contribution in [-0.4, -0.2) is 20.8 Å². The van der Waals surface area contributed by atoms with Crippen molar-refractivity contribution in [1.29, 1.82) is 0 Å². The summed E-state index contributed by atoms with van der Waals surface area (Å²) >= 11 is 3.16. The van der Waals surface area contributed by atoms with Gasteiger partial charge in [0.05, 0.1) is 0 Å². The number of hydrogen-bond acceptors (Lipinski definition) is 4. The lowest BCUT2D eigenvalue weighted by Gasteiger charge is -1.97. The largest absolute Gasteiger partial charge is 0.458 e. The van der Waals surface area contributed by atoms with Crippen molar-refractivity contribution in [2.75, 3.05) is 0 Å². The van der Waals surface area contributed by atoms with Gasteiger partial charge >= 0.3 is 0 Å². The van der Waals surface area contributed by atoms with Crippen LogP contribution in [0.4, 0.5) is 0 Å². The lowest BCUT2D eigenvalue weighted by atomic mass is 10.2. The Hall–Kier alpha value is -1.43. The van der Waals surface area contributed by atoms with Gasteiger partial charge in [-0.05, 0) is 35.0 Å². The Balaban J connectivity index is 2.45. The highest BCUT2D eigenvalue weighted by molar-refractivity contribution is 9.10. The fourth-order valence-corrected chi connectivity index (χ4v) is 1.75. The molecule has 0 aliphatic rings. The average Bonchev–Trinajstić information content (AvgIpc) is 2.73. The Morgan fingerprint density at radius 3 is 2.73 bits per heavy atom. The Morgan fingerprint density at radius 2 is 2.27 bits per heavy atom. The van der Waals surface area contributed by atoms with Gasteiger partial charge in [0.15, 0.2) is 10.4 Å². The number of aryl methyl sites for hydroxylation is 2. The summed E-state index contributed by atoms with van der Waals surface area (Å²) in [6, 6.07) is 3.38. The molecule has 0 aliphatic heterocycles.